The van der Waals surface area contributed by atoms with Gasteiger partial charge in [0.1, 0.15) is 18.1 Å². The lowest BCUT2D eigenvalue weighted by Gasteiger charge is -2.10. The van der Waals surface area contributed by atoms with Crippen molar-refractivity contribution in [2.24, 2.45) is 0 Å². The van der Waals surface area contributed by atoms with Gasteiger partial charge in [-0.2, -0.15) is 10.1 Å². The molecule has 0 saturated heterocycles. The number of benzene rings is 2. The van der Waals surface area contributed by atoms with E-state index in [1.165, 1.54) is 4.57 Å². The minimum atomic E-state index is -0.579. The van der Waals surface area contributed by atoms with Crippen LogP contribution < -0.4 is 15.8 Å². The summed E-state index contributed by atoms with van der Waals surface area (Å²) in [7, 11) is 0. The molecule has 5 aromatic rings. The maximum absolute atomic E-state index is 12.5. The van der Waals surface area contributed by atoms with Gasteiger partial charge in [-0.25, -0.2) is 14.5 Å². The second-order valence-electron chi connectivity index (χ2n) is 8.05. The Bertz CT molecular complexity index is 1600. The molecule has 0 saturated carbocycles. The first-order valence-corrected chi connectivity index (χ1v) is 10.9. The number of hydrogen-bond acceptors (Lipinski definition) is 7. The maximum Gasteiger partial charge on any atom is 0.420 e. The fraction of sp³-hybridized carbons (Fsp3) is 0.160. The zero-order valence-electron chi connectivity index (χ0n) is 19.3. The number of aromatic nitrogens is 5. The van der Waals surface area contributed by atoms with Crippen LogP contribution in [0.2, 0.25) is 0 Å². The Hall–Kier alpha value is -4.73. The third-order valence-electron chi connectivity index (χ3n) is 5.26. The smallest absolute Gasteiger partial charge is 0.420 e. The first-order valence-electron chi connectivity index (χ1n) is 10.9. The molecule has 1 amide bonds. The lowest BCUT2D eigenvalue weighted by atomic mass is 10.3. The average Bonchev–Trinajstić information content (AvgIpc) is 3.32. The molecular weight excluding hydrogens is 448 g/mol. The fourth-order valence-electron chi connectivity index (χ4n) is 3.78. The minimum absolute atomic E-state index is 0.163. The Morgan fingerprint density at radius 3 is 2.54 bits per heavy atom. The molecule has 3 aromatic heterocycles. The summed E-state index contributed by atoms with van der Waals surface area (Å²) in [6.45, 7) is 5.50. The Morgan fingerprint density at radius 2 is 1.80 bits per heavy atom. The van der Waals surface area contributed by atoms with Gasteiger partial charge >= 0.3 is 5.76 Å². The Balaban J connectivity index is 1.28. The zero-order chi connectivity index (χ0) is 24.5. The predicted octanol–water partition coefficient (Wildman–Crippen LogP) is 3.93. The second-order valence-corrected chi connectivity index (χ2v) is 8.05. The number of para-hydroxylation sites is 2. The van der Waals surface area contributed by atoms with Gasteiger partial charge < -0.3 is 14.5 Å². The van der Waals surface area contributed by atoms with Crippen molar-refractivity contribution in [2.75, 3.05) is 5.32 Å². The number of nitrogens with one attached hydrogen (secondary N) is 1. The highest BCUT2D eigenvalue weighted by molar-refractivity contribution is 5.91. The fourth-order valence-corrected chi connectivity index (χ4v) is 3.78. The van der Waals surface area contributed by atoms with Crippen molar-refractivity contribution in [2.45, 2.75) is 27.3 Å². The van der Waals surface area contributed by atoms with E-state index in [0.717, 1.165) is 11.4 Å². The summed E-state index contributed by atoms with van der Waals surface area (Å²) in [5.41, 5.74) is 3.41. The van der Waals surface area contributed by atoms with Gasteiger partial charge in [0.15, 0.2) is 11.4 Å². The molecule has 0 fully saturated rings. The normalized spacial score (nSPS) is 11.1. The average molecular weight is 470 g/mol. The molecule has 0 unspecified atom stereocenters. The van der Waals surface area contributed by atoms with Gasteiger partial charge in [0.25, 0.3) is 0 Å². The molecule has 0 aliphatic heterocycles. The molecule has 0 aliphatic carbocycles. The van der Waals surface area contributed by atoms with Crippen molar-refractivity contribution in [3.63, 3.8) is 0 Å². The third kappa shape index (κ3) is 4.67. The molecule has 1 N–H and O–H groups in total. The predicted molar refractivity (Wildman–Crippen MR) is 129 cm³/mol. The van der Waals surface area contributed by atoms with Crippen LogP contribution in [0.5, 0.6) is 11.6 Å². The zero-order valence-corrected chi connectivity index (χ0v) is 19.3. The van der Waals surface area contributed by atoms with E-state index in [1.54, 1.807) is 66.2 Å². The van der Waals surface area contributed by atoms with Crippen LogP contribution >= 0.6 is 0 Å². The number of fused-ring (bicyclic) bond motifs is 1. The minimum Gasteiger partial charge on any atom is -0.439 e. The van der Waals surface area contributed by atoms with Gasteiger partial charge in [-0.15, -0.1) is 0 Å². The summed E-state index contributed by atoms with van der Waals surface area (Å²) in [6, 6.07) is 17.5. The van der Waals surface area contributed by atoms with E-state index < -0.39 is 5.76 Å². The monoisotopic (exact) mass is 470 g/mol. The van der Waals surface area contributed by atoms with Crippen LogP contribution in [0.1, 0.15) is 17.2 Å². The third-order valence-corrected chi connectivity index (χ3v) is 5.26. The van der Waals surface area contributed by atoms with E-state index in [-0.39, 0.29) is 12.5 Å². The molecule has 2 aromatic carbocycles. The molecule has 35 heavy (non-hydrogen) atoms. The number of aryl methyl sites for hydroxylation is 3. The number of amides is 1. The van der Waals surface area contributed by atoms with Crippen LogP contribution in [0.15, 0.2) is 69.9 Å². The molecule has 3 heterocycles. The van der Waals surface area contributed by atoms with Crippen molar-refractivity contribution in [3.8, 4) is 17.4 Å². The SMILES string of the molecule is Cc1cc(C)n(-c2cc(Oc3ccc(NC(=O)Cn4c(=O)oc5ccccc54)cc3)nc(C)n2)n1. The van der Waals surface area contributed by atoms with Crippen LogP contribution in [-0.2, 0) is 11.3 Å². The Kier molecular flexibility index (Phi) is 5.61. The number of anilines is 1. The number of oxazole rings is 1. The number of nitrogens with zero attached hydrogens (tertiary/aromatic N) is 5. The molecule has 0 spiro atoms. The topological polar surface area (TPSA) is 117 Å². The quantitative estimate of drug-likeness (QED) is 0.400. The van der Waals surface area contributed by atoms with Crippen LogP contribution in [0, 0.1) is 20.8 Å². The van der Waals surface area contributed by atoms with E-state index >= 15 is 0 Å². The highest BCUT2D eigenvalue weighted by Gasteiger charge is 2.13. The first kappa shape index (κ1) is 22.1. The number of carbonyl (C=O) groups excluding carboxylic acids is 1. The molecule has 0 atom stereocenters. The van der Waals surface area contributed by atoms with E-state index in [2.05, 4.69) is 20.4 Å². The second kappa shape index (κ2) is 8.90. The molecular formula is C25H22N6O4. The lowest BCUT2D eigenvalue weighted by Crippen LogP contribution is -2.24. The van der Waals surface area contributed by atoms with Crippen molar-refractivity contribution < 1.29 is 13.9 Å². The van der Waals surface area contributed by atoms with Gasteiger partial charge in [0.05, 0.1) is 11.2 Å². The summed E-state index contributed by atoms with van der Waals surface area (Å²) in [4.78, 5) is 33.4. The number of ether oxygens (including phenoxy) is 1. The molecule has 5 rings (SSSR count). The van der Waals surface area contributed by atoms with Gasteiger partial charge in [-0.1, -0.05) is 12.1 Å². The molecule has 10 nitrogen and oxygen atoms in total. The summed E-state index contributed by atoms with van der Waals surface area (Å²) in [6.07, 6.45) is 0. The van der Waals surface area contributed by atoms with Gasteiger partial charge in [0.2, 0.25) is 11.8 Å². The van der Waals surface area contributed by atoms with Crippen molar-refractivity contribution >= 4 is 22.7 Å². The molecule has 176 valence electrons. The summed E-state index contributed by atoms with van der Waals surface area (Å²) < 4.78 is 14.1. The number of carbonyl (C=O) groups is 1. The van der Waals surface area contributed by atoms with Crippen LogP contribution in [-0.4, -0.2) is 30.2 Å². The molecule has 10 heteroatoms. The molecule has 0 bridgehead atoms. The highest BCUT2D eigenvalue weighted by Crippen LogP contribution is 2.24. The summed E-state index contributed by atoms with van der Waals surface area (Å²) >= 11 is 0. The lowest BCUT2D eigenvalue weighted by molar-refractivity contribution is -0.116. The number of rotatable bonds is 6. The Morgan fingerprint density at radius 1 is 1.03 bits per heavy atom. The van der Waals surface area contributed by atoms with Crippen molar-refractivity contribution in [3.05, 3.63) is 88.4 Å². The molecule has 0 aliphatic rings. The van der Waals surface area contributed by atoms with Crippen LogP contribution in [0.4, 0.5) is 5.69 Å². The van der Waals surface area contributed by atoms with Crippen molar-refractivity contribution in [1.29, 1.82) is 0 Å². The van der Waals surface area contributed by atoms with E-state index in [4.69, 9.17) is 9.15 Å². The van der Waals surface area contributed by atoms with E-state index in [0.29, 0.717) is 40.1 Å². The molecule has 0 radical (unpaired) electrons. The Labute approximate surface area is 199 Å². The van der Waals surface area contributed by atoms with Crippen molar-refractivity contribution in [1.82, 2.24) is 24.3 Å². The van der Waals surface area contributed by atoms with Gasteiger partial charge in [0, 0.05) is 17.4 Å². The number of hydrogen-bond donors (Lipinski definition) is 1. The highest BCUT2D eigenvalue weighted by atomic mass is 16.5. The van der Waals surface area contributed by atoms with Gasteiger partial charge in [-0.05, 0) is 63.2 Å². The van der Waals surface area contributed by atoms with Gasteiger partial charge in [-0.3, -0.25) is 9.36 Å². The summed E-state index contributed by atoms with van der Waals surface area (Å²) in [5, 5.41) is 7.24. The van der Waals surface area contributed by atoms with E-state index in [1.807, 2.05) is 19.9 Å². The van der Waals surface area contributed by atoms with Crippen LogP contribution in [0.3, 0.4) is 0 Å². The van der Waals surface area contributed by atoms with E-state index in [9.17, 15) is 9.59 Å². The maximum atomic E-state index is 12.5. The van der Waals surface area contributed by atoms with Crippen LogP contribution in [0.25, 0.3) is 16.9 Å². The largest absolute Gasteiger partial charge is 0.439 e. The first-order chi connectivity index (χ1) is 16.9. The summed E-state index contributed by atoms with van der Waals surface area (Å²) in [5.74, 6) is 1.15. The standard InChI is InChI=1S/C25H22N6O4/c1-15-12-16(2)31(29-15)22-13-24(27-17(3)26-22)34-19-10-8-18(9-11-19)28-23(32)14-30-20-6-4-5-7-21(20)35-25(30)33/h4-13H,14H2,1-3H3,(H,28,32).